The van der Waals surface area contributed by atoms with Gasteiger partial charge in [-0.05, 0) is 85.7 Å². The van der Waals surface area contributed by atoms with Crippen molar-refractivity contribution < 1.29 is 13.2 Å². The molecule has 0 spiro atoms. The molecule has 0 radical (unpaired) electrons. The lowest BCUT2D eigenvalue weighted by molar-refractivity contribution is 0.172. The van der Waals surface area contributed by atoms with Crippen LogP contribution in [0.15, 0.2) is 168 Å². The van der Waals surface area contributed by atoms with E-state index < -0.39 is 9.84 Å². The third kappa shape index (κ3) is 11.8. The number of benzene rings is 3. The number of nitrogens with one attached hydrogen (secondary N) is 1. The van der Waals surface area contributed by atoms with Crippen LogP contribution in [0.2, 0.25) is 0 Å². The van der Waals surface area contributed by atoms with Crippen LogP contribution >= 0.6 is 34.0 Å². The fourth-order valence-corrected chi connectivity index (χ4v) is 17.9. The molecule has 4 saturated heterocycles. The molecule has 16 rings (SSSR count). The Bertz CT molecular complexity index is 4720. The maximum Gasteiger partial charge on any atom is 0.214 e. The Morgan fingerprint density at radius 2 is 1.08 bits per heavy atom. The molecule has 21 heteroatoms. The largest absolute Gasteiger partial charge is 0.472 e. The summed E-state index contributed by atoms with van der Waals surface area (Å²) in [5.41, 5.74) is 9.75. The summed E-state index contributed by atoms with van der Waals surface area (Å²) in [5.74, 6) is 4.99. The maximum absolute atomic E-state index is 12.6. The van der Waals surface area contributed by atoms with Crippen molar-refractivity contribution in [2.75, 3.05) is 85.5 Å². The Morgan fingerprint density at radius 3 is 1.71 bits per heavy atom. The number of aromatic nitrogens is 9. The molecule has 4 aliphatic rings. The van der Waals surface area contributed by atoms with Gasteiger partial charge < -0.3 is 19.9 Å². The Morgan fingerprint density at radius 1 is 0.505 bits per heavy atom. The molecule has 0 bridgehead atoms. The van der Waals surface area contributed by atoms with Crippen molar-refractivity contribution in [3.63, 3.8) is 0 Å². The van der Waals surface area contributed by atoms with E-state index in [0.29, 0.717) is 53.5 Å². The van der Waals surface area contributed by atoms with Crippen molar-refractivity contribution in [1.82, 2.24) is 54.7 Å². The number of likely N-dealkylation sites (tertiary alicyclic amines) is 1. The molecular weight excluding hydrogens is 1210 g/mol. The van der Waals surface area contributed by atoms with Crippen LogP contribution in [-0.2, 0) is 9.84 Å². The van der Waals surface area contributed by atoms with Gasteiger partial charge in [-0.1, -0.05) is 109 Å². The minimum absolute atomic E-state index is 0.0860. The van der Waals surface area contributed by atoms with E-state index in [2.05, 4.69) is 125 Å². The Balaban J connectivity index is 0.622. The summed E-state index contributed by atoms with van der Waals surface area (Å²) in [6.07, 6.45) is 6.09. The van der Waals surface area contributed by atoms with Crippen molar-refractivity contribution in [2.45, 2.75) is 50.3 Å². The summed E-state index contributed by atoms with van der Waals surface area (Å²) in [6.45, 7) is 7.72. The molecule has 4 aliphatic heterocycles. The van der Waals surface area contributed by atoms with Gasteiger partial charge in [0.25, 0.3) is 0 Å². The molecule has 0 aliphatic carbocycles. The molecule has 9 aromatic heterocycles. The molecule has 3 unspecified atom stereocenters. The lowest BCUT2D eigenvalue weighted by atomic mass is 10.0. The number of sulfone groups is 1. The number of anilines is 3. The Kier molecular flexibility index (Phi) is 15.7. The minimum atomic E-state index is -3.12. The maximum atomic E-state index is 12.6. The molecule has 3 aromatic carbocycles. The van der Waals surface area contributed by atoms with E-state index in [9.17, 15) is 8.42 Å². The van der Waals surface area contributed by atoms with E-state index >= 15 is 0 Å². The zero-order chi connectivity index (χ0) is 60.8. The number of piperazine rings is 1. The lowest BCUT2D eigenvalue weighted by Crippen LogP contribution is -2.48. The van der Waals surface area contributed by atoms with Gasteiger partial charge in [0.2, 0.25) is 5.88 Å². The number of piperidine rings is 1. The summed E-state index contributed by atoms with van der Waals surface area (Å²) >= 11 is 4.86. The number of pyridine rings is 3. The van der Waals surface area contributed by atoms with Crippen LogP contribution in [-0.4, -0.2) is 146 Å². The van der Waals surface area contributed by atoms with Gasteiger partial charge in [-0.3, -0.25) is 14.8 Å². The van der Waals surface area contributed by atoms with Gasteiger partial charge in [0.05, 0.1) is 45.9 Å². The highest BCUT2D eigenvalue weighted by atomic mass is 32.2. The third-order valence-electron chi connectivity index (χ3n) is 18.0. The smallest absolute Gasteiger partial charge is 0.214 e. The number of thiophene rings is 3. The highest BCUT2D eigenvalue weighted by molar-refractivity contribution is 7.91. The topological polar surface area (TPSA) is 184 Å². The number of nitrogens with zero attached hydrogens (tertiary/aromatic N) is 13. The fourth-order valence-electron chi connectivity index (χ4n) is 13.4. The molecule has 0 amide bonds. The number of rotatable bonds is 16. The number of hydrogen-bond acceptors (Lipinski definition) is 20. The van der Waals surface area contributed by atoms with E-state index in [1.54, 1.807) is 40.2 Å². The molecule has 13 heterocycles. The second-order valence-electron chi connectivity index (χ2n) is 23.8. The minimum Gasteiger partial charge on any atom is -0.472 e. The first-order chi connectivity index (χ1) is 44.8. The van der Waals surface area contributed by atoms with Crippen molar-refractivity contribution in [3.05, 3.63) is 174 Å². The van der Waals surface area contributed by atoms with Gasteiger partial charge in [0, 0.05) is 96.9 Å². The SMILES string of the molecule is O=S1(=O)CCC(Nc2nc(-c3cccc(C4CCCN4CCN4CCN(c5nc(-c6cccc(OC7CCCN(c8nc(-c9ccccn9)nc9scc(-c%10ccccc%10)c89)C7)n6)nc6scc(-c7ccccc7)c56)CC4)n3)nc3scc(-c4ccccc4)c23)C1. The van der Waals surface area contributed by atoms with Crippen molar-refractivity contribution >= 4 is 92.0 Å². The summed E-state index contributed by atoms with van der Waals surface area (Å²) in [4.78, 5) is 59.1. The summed E-state index contributed by atoms with van der Waals surface area (Å²) in [7, 11) is -3.12. The normalized spacial score (nSPS) is 18.8. The van der Waals surface area contributed by atoms with Gasteiger partial charge in [-0.25, -0.2) is 48.3 Å². The number of hydrogen-bond donors (Lipinski definition) is 1. The van der Waals surface area contributed by atoms with Crippen molar-refractivity contribution in [2.24, 2.45) is 0 Å². The molecule has 17 nitrogen and oxygen atoms in total. The van der Waals surface area contributed by atoms with Crippen LogP contribution in [0.5, 0.6) is 5.88 Å². The average molecular weight is 1280 g/mol. The summed E-state index contributed by atoms with van der Waals surface area (Å²) in [5, 5.41) is 13.1. The number of fused-ring (bicyclic) bond motifs is 3. The molecular formula is C70H64N14O3S4. The standard InChI is InChI=1S/C70H64N14O3S4/c85-91(86)39-29-48(44-91)72-65-59-50(45-16-4-1-5-17-45)41-88-68(59)79-63(75-65)55-25-12-24-53(73-55)57-27-15-31-82(57)36-33-81-34-37-83(38-35-81)66-60-51(46-18-6-2-7-19-46)42-89-69(60)80-64(77-66)56-26-13-28-58(74-56)87-49-22-14-32-84(40-49)67-61-52(47-20-8-3-9-21-47)43-90-70(61)78-62(76-67)54-23-10-11-30-71-54/h1-13,16-21,23-26,28,30,41-43,48-49,57H,14-15,22,27,29,31-40,44H2,(H,72,75,79). The zero-order valence-electron chi connectivity index (χ0n) is 49.9. The molecule has 12 aromatic rings. The first-order valence-electron chi connectivity index (χ1n) is 31.3. The van der Waals surface area contributed by atoms with E-state index in [1.165, 1.54) is 0 Å². The van der Waals surface area contributed by atoms with Gasteiger partial charge in [-0.2, -0.15) is 0 Å². The Hall–Kier alpha value is -8.70. The van der Waals surface area contributed by atoms with Crippen LogP contribution < -0.4 is 19.9 Å². The van der Waals surface area contributed by atoms with E-state index in [4.69, 9.17) is 44.6 Å². The van der Waals surface area contributed by atoms with Crippen LogP contribution in [0, 0.1) is 0 Å². The molecule has 0 saturated carbocycles. The molecule has 91 heavy (non-hydrogen) atoms. The van der Waals surface area contributed by atoms with Gasteiger partial charge in [0.15, 0.2) is 27.3 Å². The van der Waals surface area contributed by atoms with Crippen LogP contribution in [0.4, 0.5) is 17.5 Å². The molecule has 4 fully saturated rings. The molecule has 456 valence electrons. The van der Waals surface area contributed by atoms with E-state index in [1.807, 2.05) is 66.7 Å². The van der Waals surface area contributed by atoms with E-state index in [0.717, 1.165) is 165 Å². The van der Waals surface area contributed by atoms with Gasteiger partial charge >= 0.3 is 0 Å². The Labute approximate surface area is 539 Å². The van der Waals surface area contributed by atoms with Crippen LogP contribution in [0.25, 0.3) is 98.6 Å². The van der Waals surface area contributed by atoms with Gasteiger partial charge in [0.1, 0.15) is 55.1 Å². The summed E-state index contributed by atoms with van der Waals surface area (Å²) in [6, 6.07) is 49.2. The first kappa shape index (κ1) is 57.5. The predicted molar refractivity (Wildman–Crippen MR) is 367 cm³/mol. The number of ether oxygens (including phenoxy) is 1. The fraction of sp³-hybridized carbons (Fsp3) is 0.271. The first-order valence-corrected chi connectivity index (χ1v) is 35.7. The second kappa shape index (κ2) is 24.8. The van der Waals surface area contributed by atoms with Crippen LogP contribution in [0.3, 0.4) is 0 Å². The highest BCUT2D eigenvalue weighted by Crippen LogP contribution is 2.44. The highest BCUT2D eigenvalue weighted by Gasteiger charge is 2.33. The second-order valence-corrected chi connectivity index (χ2v) is 28.6. The summed E-state index contributed by atoms with van der Waals surface area (Å²) < 4.78 is 32.1. The van der Waals surface area contributed by atoms with Crippen molar-refractivity contribution in [3.8, 4) is 73.8 Å². The van der Waals surface area contributed by atoms with E-state index in [-0.39, 0.29) is 29.7 Å². The molecule has 1 N–H and O–H groups in total. The monoisotopic (exact) mass is 1280 g/mol. The molecule has 3 atom stereocenters. The zero-order valence-corrected chi connectivity index (χ0v) is 53.1. The van der Waals surface area contributed by atoms with Crippen molar-refractivity contribution in [1.29, 1.82) is 0 Å². The van der Waals surface area contributed by atoms with Gasteiger partial charge in [-0.15, -0.1) is 34.0 Å². The average Bonchev–Trinajstić information content (AvgIpc) is 1.75. The lowest BCUT2D eigenvalue weighted by Gasteiger charge is -2.37. The third-order valence-corrected chi connectivity index (χ3v) is 22.4. The predicted octanol–water partition coefficient (Wildman–Crippen LogP) is 13.5. The quantitative estimate of drug-likeness (QED) is 0.0962. The van der Waals surface area contributed by atoms with Crippen LogP contribution in [0.1, 0.15) is 43.8 Å².